The van der Waals surface area contributed by atoms with Gasteiger partial charge >= 0.3 is 0 Å². The van der Waals surface area contributed by atoms with Crippen LogP contribution in [0.5, 0.6) is 0 Å². The molecule has 6 rings (SSSR count). The molecule has 3 aromatic carbocycles. The van der Waals surface area contributed by atoms with E-state index in [4.69, 9.17) is 11.6 Å². The predicted molar refractivity (Wildman–Crippen MR) is 151 cm³/mol. The number of nitrogens with one attached hydrogen (secondary N) is 2. The highest BCUT2D eigenvalue weighted by atomic mass is 35.5. The third-order valence-electron chi connectivity index (χ3n) is 7.64. The number of aromatic nitrogens is 2. The van der Waals surface area contributed by atoms with Gasteiger partial charge in [-0.3, -0.25) is 0 Å². The Morgan fingerprint density at radius 2 is 1.84 bits per heavy atom. The van der Waals surface area contributed by atoms with Gasteiger partial charge in [0, 0.05) is 41.8 Å². The number of anilines is 2. The molecule has 1 saturated heterocycles. The molecule has 2 aliphatic rings. The Hall–Kier alpha value is -2.81. The number of H-pyrrole nitrogens is 1. The van der Waals surface area contributed by atoms with Crippen LogP contribution in [0.1, 0.15) is 24.0 Å². The zero-order valence-corrected chi connectivity index (χ0v) is 22.0. The van der Waals surface area contributed by atoms with Gasteiger partial charge in [-0.25, -0.2) is 4.98 Å². The van der Waals surface area contributed by atoms with Crippen molar-refractivity contribution in [3.8, 4) is 22.6 Å². The maximum atomic E-state index is 13.8. The Balaban J connectivity index is 1.23. The Morgan fingerprint density at radius 1 is 1.03 bits per heavy atom. The molecule has 0 amide bonds. The molecule has 3 heterocycles. The highest BCUT2D eigenvalue weighted by Gasteiger charge is 2.37. The topological polar surface area (TPSA) is 86.8 Å². The summed E-state index contributed by atoms with van der Waals surface area (Å²) in [7, 11) is 0. The number of halogens is 1. The van der Waals surface area contributed by atoms with E-state index in [1.165, 1.54) is 5.56 Å². The number of quaternary nitrogens is 1. The smallest absolute Gasteiger partial charge is 0.139 e. The Bertz CT molecular complexity index is 1400. The summed E-state index contributed by atoms with van der Waals surface area (Å²) in [5.41, 5.74) is 7.06. The van der Waals surface area contributed by atoms with E-state index in [1.807, 2.05) is 60.8 Å². The predicted octanol–water partition coefficient (Wildman–Crippen LogP) is 6.42. The monoisotopic (exact) mass is 532 g/mol. The molecule has 37 heavy (non-hydrogen) atoms. The molecule has 0 saturated carbocycles. The van der Waals surface area contributed by atoms with Crippen LogP contribution < -0.4 is 5.32 Å². The maximum Gasteiger partial charge on any atom is 0.139 e. The van der Waals surface area contributed by atoms with Crippen LogP contribution in [-0.2, 0) is 24.1 Å². The summed E-state index contributed by atoms with van der Waals surface area (Å²) < 4.78 is 11.6. The van der Waals surface area contributed by atoms with Gasteiger partial charge in [0.2, 0.25) is 0 Å². The lowest BCUT2D eigenvalue weighted by molar-refractivity contribution is -0.920. The summed E-state index contributed by atoms with van der Waals surface area (Å²) in [6.45, 7) is 1.03. The van der Waals surface area contributed by atoms with Crippen molar-refractivity contribution in [2.75, 3.05) is 23.4 Å². The van der Waals surface area contributed by atoms with Crippen molar-refractivity contribution < 1.29 is 9.20 Å². The van der Waals surface area contributed by atoms with Crippen LogP contribution in [0.4, 0.5) is 11.4 Å². The van der Waals surface area contributed by atoms with Gasteiger partial charge in [0.15, 0.2) is 0 Å². The molecule has 0 radical (unpaired) electrons. The minimum Gasteiger partial charge on any atom is -0.632 e. The van der Waals surface area contributed by atoms with Gasteiger partial charge in [0.05, 0.1) is 29.5 Å². The molecule has 1 atom stereocenters. The van der Waals surface area contributed by atoms with E-state index in [0.29, 0.717) is 35.4 Å². The number of hydrogen-bond acceptors (Lipinski definition) is 4. The molecule has 1 aromatic heterocycles. The molecule has 2 aliphatic heterocycles. The minimum absolute atomic E-state index is 0.0513. The average Bonchev–Trinajstić information content (AvgIpc) is 3.41. The Labute approximate surface area is 225 Å². The third-order valence-corrected chi connectivity index (χ3v) is 9.35. The lowest BCUT2D eigenvalue weighted by Crippen LogP contribution is -2.55. The van der Waals surface area contributed by atoms with Gasteiger partial charge in [0.25, 0.3) is 0 Å². The van der Waals surface area contributed by atoms with Crippen LogP contribution in [0.2, 0.25) is 5.02 Å². The molecule has 190 valence electrons. The lowest BCUT2D eigenvalue weighted by atomic mass is 9.94. The van der Waals surface area contributed by atoms with Gasteiger partial charge in [-0.1, -0.05) is 65.2 Å². The fourth-order valence-electron chi connectivity index (χ4n) is 5.59. The summed E-state index contributed by atoms with van der Waals surface area (Å²) in [4.78, 5) is 7.97. The minimum atomic E-state index is -0.756. The number of fused-ring (bicyclic) bond motifs is 1. The second-order valence-corrected chi connectivity index (χ2v) is 12.0. The first-order valence-corrected chi connectivity index (χ1v) is 14.6. The van der Waals surface area contributed by atoms with Gasteiger partial charge in [0.1, 0.15) is 23.9 Å². The molecule has 4 aromatic rings. The average molecular weight is 533 g/mol. The van der Waals surface area contributed by atoms with Crippen LogP contribution in [0.3, 0.4) is 0 Å². The van der Waals surface area contributed by atoms with Crippen molar-refractivity contribution in [1.29, 1.82) is 0 Å². The van der Waals surface area contributed by atoms with E-state index in [-0.39, 0.29) is 10.7 Å². The first kappa shape index (κ1) is 24.5. The number of benzene rings is 3. The number of imidazole rings is 1. The molecular weight excluding hydrogens is 504 g/mol. The zero-order chi connectivity index (χ0) is 25.4. The van der Waals surface area contributed by atoms with E-state index in [0.717, 1.165) is 53.0 Å². The molecule has 0 bridgehead atoms. The summed E-state index contributed by atoms with van der Waals surface area (Å²) in [6, 6.07) is 22.1. The SMILES string of the molecule is [O-][S+]1CCC([N+]2([O-])CCc3c(cccc3Nc3ccc(Cl)c(-c4ncc(-c5ccccc5)[nH]4)c3)C2)CC1. The quantitative estimate of drug-likeness (QED) is 0.176. The fourth-order valence-corrected chi connectivity index (χ4v) is 7.07. The number of rotatable bonds is 5. The summed E-state index contributed by atoms with van der Waals surface area (Å²) >= 11 is 5.82. The number of nitrogens with zero attached hydrogens (tertiary/aromatic N) is 2. The van der Waals surface area contributed by atoms with Crippen LogP contribution >= 0.6 is 11.6 Å². The second kappa shape index (κ2) is 10.2. The van der Waals surface area contributed by atoms with E-state index < -0.39 is 11.2 Å². The van der Waals surface area contributed by atoms with Crippen molar-refractivity contribution in [2.45, 2.75) is 31.8 Å². The lowest BCUT2D eigenvalue weighted by Gasteiger charge is -2.52. The standard InChI is InChI=1S/C29H29ClN4O2S/c30-26-10-9-22(17-25(26)29-31-18-28(33-29)20-5-2-1-3-6-20)32-27-8-4-7-21-19-34(35,14-11-24(21)27)23-12-15-37(36)16-13-23/h1-10,17-18,23,32H,11-16,19H2,(H,31,33). The van der Waals surface area contributed by atoms with E-state index in [2.05, 4.69) is 27.4 Å². The molecular formula is C29H29ClN4O2S. The largest absolute Gasteiger partial charge is 0.632 e. The Kier molecular flexibility index (Phi) is 6.73. The summed E-state index contributed by atoms with van der Waals surface area (Å²) in [6.07, 6.45) is 4.07. The van der Waals surface area contributed by atoms with Crippen LogP contribution in [-0.4, -0.2) is 43.3 Å². The molecule has 0 aliphatic carbocycles. The molecule has 1 fully saturated rings. The number of aromatic amines is 1. The molecule has 0 spiro atoms. The van der Waals surface area contributed by atoms with E-state index in [1.54, 1.807) is 0 Å². The maximum absolute atomic E-state index is 13.8. The molecule has 2 N–H and O–H groups in total. The first-order valence-electron chi connectivity index (χ1n) is 12.7. The van der Waals surface area contributed by atoms with Crippen molar-refractivity contribution >= 4 is 34.2 Å². The normalized spacial score (nSPS) is 23.4. The fraction of sp³-hybridized carbons (Fsp3) is 0.276. The van der Waals surface area contributed by atoms with Crippen molar-refractivity contribution in [3.63, 3.8) is 0 Å². The molecule has 8 heteroatoms. The highest BCUT2D eigenvalue weighted by Crippen LogP contribution is 2.37. The summed E-state index contributed by atoms with van der Waals surface area (Å²) in [5, 5.41) is 17.9. The van der Waals surface area contributed by atoms with E-state index in [9.17, 15) is 9.76 Å². The third kappa shape index (κ3) is 5.02. The van der Waals surface area contributed by atoms with Crippen molar-refractivity contribution in [3.05, 3.63) is 94.3 Å². The Morgan fingerprint density at radius 3 is 2.65 bits per heavy atom. The van der Waals surface area contributed by atoms with Crippen LogP contribution in [0, 0.1) is 5.21 Å². The number of hydrogen-bond donors (Lipinski definition) is 2. The molecule has 1 unspecified atom stereocenters. The van der Waals surface area contributed by atoms with Gasteiger partial charge < -0.3 is 24.7 Å². The number of hydroxylamine groups is 3. The van der Waals surface area contributed by atoms with Crippen molar-refractivity contribution in [2.24, 2.45) is 0 Å². The molecule has 6 nitrogen and oxygen atoms in total. The van der Waals surface area contributed by atoms with Crippen LogP contribution in [0.25, 0.3) is 22.6 Å². The second-order valence-electron chi connectivity index (χ2n) is 9.94. The van der Waals surface area contributed by atoms with Gasteiger partial charge in [-0.05, 0) is 35.4 Å². The van der Waals surface area contributed by atoms with Gasteiger partial charge in [-0.2, -0.15) is 0 Å². The van der Waals surface area contributed by atoms with Gasteiger partial charge in [-0.15, -0.1) is 0 Å². The van der Waals surface area contributed by atoms with Crippen LogP contribution in [0.15, 0.2) is 72.9 Å². The van der Waals surface area contributed by atoms with E-state index >= 15 is 0 Å². The van der Waals surface area contributed by atoms with Crippen molar-refractivity contribution in [1.82, 2.24) is 9.97 Å². The zero-order valence-electron chi connectivity index (χ0n) is 20.5. The highest BCUT2D eigenvalue weighted by molar-refractivity contribution is 7.91. The summed E-state index contributed by atoms with van der Waals surface area (Å²) in [5.74, 6) is 2.02. The first-order chi connectivity index (χ1) is 18.0.